The molecule has 2 N–H and O–H groups in total. The first-order valence-electron chi connectivity index (χ1n) is 4.50. The summed E-state index contributed by atoms with van der Waals surface area (Å²) < 4.78 is 0. The van der Waals surface area contributed by atoms with E-state index in [9.17, 15) is 0 Å². The Morgan fingerprint density at radius 2 is 2.33 bits per heavy atom. The summed E-state index contributed by atoms with van der Waals surface area (Å²) in [5, 5.41) is 21.3. The maximum absolute atomic E-state index is 8.94. The van der Waals surface area contributed by atoms with Gasteiger partial charge in [0.15, 0.2) is 0 Å². The average Bonchev–Trinajstić information content (AvgIpc) is 2.73. The van der Waals surface area contributed by atoms with Gasteiger partial charge in [0.1, 0.15) is 5.92 Å². The van der Waals surface area contributed by atoms with Crippen LogP contribution in [-0.4, -0.2) is 16.4 Å². The molecular weight excluding hydrogens is 190 g/mol. The molecule has 0 fully saturated rings. The van der Waals surface area contributed by atoms with Crippen LogP contribution in [0.3, 0.4) is 0 Å². The van der Waals surface area contributed by atoms with Gasteiger partial charge in [-0.3, -0.25) is 0 Å². The number of oxime groups is 1. The van der Waals surface area contributed by atoms with Crippen molar-refractivity contribution in [2.75, 3.05) is 0 Å². The van der Waals surface area contributed by atoms with E-state index in [1.807, 2.05) is 30.5 Å². The highest BCUT2D eigenvalue weighted by Crippen LogP contribution is 2.23. The van der Waals surface area contributed by atoms with Crippen LogP contribution in [0.15, 0.2) is 35.6 Å². The number of hydrogen-bond donors (Lipinski definition) is 2. The molecule has 0 bridgehead atoms. The summed E-state index contributed by atoms with van der Waals surface area (Å²) in [6.45, 7) is 0. The van der Waals surface area contributed by atoms with E-state index in [2.05, 4.69) is 16.2 Å². The topological polar surface area (TPSA) is 72.2 Å². The maximum Gasteiger partial charge on any atom is 0.110 e. The van der Waals surface area contributed by atoms with Crippen molar-refractivity contribution in [3.63, 3.8) is 0 Å². The maximum atomic E-state index is 8.94. The summed E-state index contributed by atoms with van der Waals surface area (Å²) in [7, 11) is 0. The number of aromatic amines is 1. The highest BCUT2D eigenvalue weighted by Gasteiger charge is 2.11. The molecule has 1 aromatic carbocycles. The predicted molar refractivity (Wildman–Crippen MR) is 56.9 cm³/mol. The van der Waals surface area contributed by atoms with E-state index in [0.29, 0.717) is 0 Å². The quantitative estimate of drug-likeness (QED) is 0.442. The van der Waals surface area contributed by atoms with Gasteiger partial charge in [0.25, 0.3) is 0 Å². The van der Waals surface area contributed by atoms with Crippen LogP contribution in [0.1, 0.15) is 11.5 Å². The highest BCUT2D eigenvalue weighted by molar-refractivity contribution is 5.88. The SMILES string of the molecule is N#CC(/C=N/O)c1cccc2[nH]ccc12. The molecule has 0 saturated heterocycles. The minimum Gasteiger partial charge on any atom is -0.411 e. The van der Waals surface area contributed by atoms with Crippen LogP contribution >= 0.6 is 0 Å². The predicted octanol–water partition coefficient (Wildman–Crippen LogP) is 2.24. The van der Waals surface area contributed by atoms with Crippen molar-refractivity contribution < 1.29 is 5.21 Å². The molecule has 0 amide bonds. The fourth-order valence-corrected chi connectivity index (χ4v) is 1.63. The zero-order valence-corrected chi connectivity index (χ0v) is 7.88. The Balaban J connectivity index is 2.60. The van der Waals surface area contributed by atoms with Crippen molar-refractivity contribution in [3.8, 4) is 6.07 Å². The fraction of sp³-hybridized carbons (Fsp3) is 0.0909. The zero-order valence-electron chi connectivity index (χ0n) is 7.88. The van der Waals surface area contributed by atoms with Crippen LogP contribution in [0.4, 0.5) is 0 Å². The molecule has 0 aliphatic carbocycles. The van der Waals surface area contributed by atoms with E-state index in [-0.39, 0.29) is 0 Å². The van der Waals surface area contributed by atoms with Crippen molar-refractivity contribution in [1.82, 2.24) is 4.98 Å². The first kappa shape index (κ1) is 9.28. The summed E-state index contributed by atoms with van der Waals surface area (Å²) in [5.41, 5.74) is 1.81. The molecule has 4 heteroatoms. The molecule has 74 valence electrons. The molecule has 1 atom stereocenters. The first-order chi connectivity index (χ1) is 7.36. The highest BCUT2D eigenvalue weighted by atomic mass is 16.4. The largest absolute Gasteiger partial charge is 0.411 e. The summed E-state index contributed by atoms with van der Waals surface area (Å²) in [6, 6.07) is 9.63. The van der Waals surface area contributed by atoms with E-state index in [1.165, 1.54) is 6.21 Å². The standard InChI is InChI=1S/C11H9N3O/c12-6-8(7-14-15)9-2-1-3-11-10(9)4-5-13-11/h1-5,7-8,13,15H/b14-7+. The number of H-pyrrole nitrogens is 1. The Morgan fingerprint density at radius 3 is 3.07 bits per heavy atom. The molecule has 0 radical (unpaired) electrons. The van der Waals surface area contributed by atoms with Crippen molar-refractivity contribution in [2.45, 2.75) is 5.92 Å². The molecule has 1 heterocycles. The Hall–Kier alpha value is -2.28. The lowest BCUT2D eigenvalue weighted by Crippen LogP contribution is -1.97. The van der Waals surface area contributed by atoms with Gasteiger partial charge in [-0.1, -0.05) is 12.1 Å². The number of rotatable bonds is 2. The van der Waals surface area contributed by atoms with Crippen LogP contribution in [0.5, 0.6) is 0 Å². The third kappa shape index (κ3) is 1.55. The molecular formula is C11H9N3O. The fourth-order valence-electron chi connectivity index (χ4n) is 1.63. The number of nitriles is 1. The van der Waals surface area contributed by atoms with E-state index in [4.69, 9.17) is 10.5 Å². The molecule has 2 aromatic rings. The van der Waals surface area contributed by atoms with Gasteiger partial charge < -0.3 is 10.2 Å². The van der Waals surface area contributed by atoms with Crippen LogP contribution in [0.2, 0.25) is 0 Å². The molecule has 1 unspecified atom stereocenters. The molecule has 0 aliphatic heterocycles. The van der Waals surface area contributed by atoms with Gasteiger partial charge in [-0.25, -0.2) is 0 Å². The third-order valence-corrected chi connectivity index (χ3v) is 2.32. The molecule has 15 heavy (non-hydrogen) atoms. The van der Waals surface area contributed by atoms with Gasteiger partial charge in [0.05, 0.1) is 12.3 Å². The van der Waals surface area contributed by atoms with Crippen molar-refractivity contribution >= 4 is 17.1 Å². The van der Waals surface area contributed by atoms with Crippen LogP contribution in [-0.2, 0) is 0 Å². The first-order valence-corrected chi connectivity index (χ1v) is 4.50. The number of nitrogens with one attached hydrogen (secondary N) is 1. The van der Waals surface area contributed by atoms with Crippen molar-refractivity contribution in [3.05, 3.63) is 36.0 Å². The van der Waals surface area contributed by atoms with Gasteiger partial charge in [0.2, 0.25) is 0 Å². The summed E-state index contributed by atoms with van der Waals surface area (Å²) in [4.78, 5) is 3.06. The molecule has 1 aromatic heterocycles. The zero-order chi connectivity index (χ0) is 10.7. The van der Waals surface area contributed by atoms with Crippen molar-refractivity contribution in [2.24, 2.45) is 5.16 Å². The number of nitrogens with zero attached hydrogens (tertiary/aromatic N) is 2. The lowest BCUT2D eigenvalue weighted by atomic mass is 9.98. The van der Waals surface area contributed by atoms with Gasteiger partial charge in [-0.15, -0.1) is 5.16 Å². The van der Waals surface area contributed by atoms with Gasteiger partial charge in [0, 0.05) is 17.1 Å². The summed E-state index contributed by atoms with van der Waals surface area (Å²) in [6.07, 6.45) is 3.04. The smallest absolute Gasteiger partial charge is 0.110 e. The van der Waals surface area contributed by atoms with Gasteiger partial charge in [-0.2, -0.15) is 5.26 Å². The third-order valence-electron chi connectivity index (χ3n) is 2.32. The van der Waals surface area contributed by atoms with Gasteiger partial charge in [-0.05, 0) is 17.7 Å². The van der Waals surface area contributed by atoms with E-state index in [0.717, 1.165) is 16.5 Å². The molecule has 0 saturated carbocycles. The number of aromatic nitrogens is 1. The average molecular weight is 199 g/mol. The molecule has 2 rings (SSSR count). The normalized spacial score (nSPS) is 13.0. The van der Waals surface area contributed by atoms with Crippen molar-refractivity contribution in [1.29, 1.82) is 5.26 Å². The molecule has 0 spiro atoms. The Kier molecular flexibility index (Phi) is 2.38. The van der Waals surface area contributed by atoms with Crippen LogP contribution < -0.4 is 0 Å². The van der Waals surface area contributed by atoms with Crippen LogP contribution in [0.25, 0.3) is 10.9 Å². The minimum absolute atomic E-state index is 0.519. The molecule has 0 aliphatic rings. The summed E-state index contributed by atoms with van der Waals surface area (Å²) in [5.74, 6) is -0.519. The monoisotopic (exact) mass is 199 g/mol. The van der Waals surface area contributed by atoms with Crippen LogP contribution in [0, 0.1) is 11.3 Å². The van der Waals surface area contributed by atoms with E-state index in [1.54, 1.807) is 0 Å². The minimum atomic E-state index is -0.519. The van der Waals surface area contributed by atoms with E-state index >= 15 is 0 Å². The number of fused-ring (bicyclic) bond motifs is 1. The summed E-state index contributed by atoms with van der Waals surface area (Å²) >= 11 is 0. The second kappa shape index (κ2) is 3.84. The second-order valence-corrected chi connectivity index (χ2v) is 3.16. The second-order valence-electron chi connectivity index (χ2n) is 3.16. The number of hydrogen-bond acceptors (Lipinski definition) is 3. The Labute approximate surface area is 86.5 Å². The number of benzene rings is 1. The Bertz CT molecular complexity index is 536. The Morgan fingerprint density at radius 1 is 1.47 bits per heavy atom. The lowest BCUT2D eigenvalue weighted by Gasteiger charge is -2.04. The van der Waals surface area contributed by atoms with Gasteiger partial charge >= 0.3 is 0 Å². The molecule has 4 nitrogen and oxygen atoms in total. The van der Waals surface area contributed by atoms with E-state index < -0.39 is 5.92 Å². The lowest BCUT2D eigenvalue weighted by molar-refractivity contribution is 0.320.